The number of hydrogen-bond donors (Lipinski definition) is 2. The molecule has 1 aromatic carbocycles. The first kappa shape index (κ1) is 13.3. The predicted octanol–water partition coefficient (Wildman–Crippen LogP) is 1.20. The maximum atomic E-state index is 9.46. The number of nitrogens with one attached hydrogen (secondary N) is 1. The van der Waals surface area contributed by atoms with Gasteiger partial charge in [0.15, 0.2) is 11.5 Å². The van der Waals surface area contributed by atoms with Crippen LogP contribution in [-0.2, 0) is 4.74 Å². The summed E-state index contributed by atoms with van der Waals surface area (Å²) in [6.45, 7) is 1.12. The van der Waals surface area contributed by atoms with E-state index in [-0.39, 0.29) is 5.75 Å². The fraction of sp³-hybridized carbons (Fsp3) is 0.417. The highest BCUT2D eigenvalue weighted by atomic mass is 16.5. The molecule has 2 N–H and O–H groups in total. The molecule has 0 aliphatic heterocycles. The number of nitrogens with zero attached hydrogens (tertiary/aromatic N) is 1. The molecule has 0 spiro atoms. The van der Waals surface area contributed by atoms with Gasteiger partial charge in [-0.25, -0.2) is 0 Å². The lowest BCUT2D eigenvalue weighted by Crippen LogP contribution is -2.23. The third-order valence-electron chi connectivity index (χ3n) is 2.32. The van der Waals surface area contributed by atoms with Crippen molar-refractivity contribution < 1.29 is 14.6 Å². The Kier molecular flexibility index (Phi) is 5.27. The number of phenolic OH excluding ortho intramolecular Hbond substituents is 1. The molecule has 0 fully saturated rings. The Hall–Kier alpha value is -1.77. The number of aromatic hydroxyl groups is 1. The molecule has 1 unspecified atom stereocenters. The molecule has 0 aliphatic carbocycles. The average Bonchev–Trinajstić information content (AvgIpc) is 2.36. The summed E-state index contributed by atoms with van der Waals surface area (Å²) in [6.07, 6.45) is 0. The first-order valence-corrected chi connectivity index (χ1v) is 5.21. The van der Waals surface area contributed by atoms with Crippen molar-refractivity contribution in [2.45, 2.75) is 6.04 Å². The summed E-state index contributed by atoms with van der Waals surface area (Å²) >= 11 is 0. The van der Waals surface area contributed by atoms with Gasteiger partial charge in [-0.1, -0.05) is 6.07 Å². The fourth-order valence-electron chi connectivity index (χ4n) is 1.42. The molecule has 0 heterocycles. The zero-order chi connectivity index (χ0) is 12.7. The van der Waals surface area contributed by atoms with E-state index in [4.69, 9.17) is 14.7 Å². The van der Waals surface area contributed by atoms with E-state index in [0.717, 1.165) is 5.56 Å². The van der Waals surface area contributed by atoms with E-state index in [0.29, 0.717) is 18.9 Å². The minimum absolute atomic E-state index is 0.0600. The lowest BCUT2D eigenvalue weighted by molar-refractivity contribution is 0.198. The van der Waals surface area contributed by atoms with E-state index in [1.165, 1.54) is 13.2 Å². The van der Waals surface area contributed by atoms with Gasteiger partial charge in [-0.05, 0) is 17.7 Å². The van der Waals surface area contributed by atoms with Gasteiger partial charge in [0, 0.05) is 13.7 Å². The lowest BCUT2D eigenvalue weighted by Gasteiger charge is -2.13. The summed E-state index contributed by atoms with van der Waals surface area (Å²) in [5.74, 6) is 0.418. The Morgan fingerprint density at radius 2 is 2.24 bits per heavy atom. The molecule has 0 aromatic heterocycles. The second-order valence-electron chi connectivity index (χ2n) is 3.44. The minimum atomic E-state index is -0.445. The Morgan fingerprint density at radius 1 is 1.47 bits per heavy atom. The van der Waals surface area contributed by atoms with Gasteiger partial charge < -0.3 is 14.6 Å². The van der Waals surface area contributed by atoms with Crippen molar-refractivity contribution in [3.63, 3.8) is 0 Å². The second kappa shape index (κ2) is 6.74. The molecule has 0 bridgehead atoms. The molecule has 0 aliphatic rings. The fourth-order valence-corrected chi connectivity index (χ4v) is 1.42. The van der Waals surface area contributed by atoms with Crippen molar-refractivity contribution in [1.29, 1.82) is 5.26 Å². The van der Waals surface area contributed by atoms with Gasteiger partial charge >= 0.3 is 0 Å². The van der Waals surface area contributed by atoms with Crippen LogP contribution in [0.3, 0.4) is 0 Å². The van der Waals surface area contributed by atoms with Crippen LogP contribution in [0.1, 0.15) is 11.6 Å². The van der Waals surface area contributed by atoms with Gasteiger partial charge in [0.05, 0.1) is 19.8 Å². The number of methoxy groups -OCH3 is 2. The zero-order valence-electron chi connectivity index (χ0n) is 9.93. The zero-order valence-corrected chi connectivity index (χ0v) is 9.93. The topological polar surface area (TPSA) is 74.5 Å². The molecule has 5 heteroatoms. The monoisotopic (exact) mass is 236 g/mol. The Balaban J connectivity index is 2.78. The van der Waals surface area contributed by atoms with Gasteiger partial charge in [-0.2, -0.15) is 5.26 Å². The number of phenols is 1. The Labute approximate surface area is 101 Å². The van der Waals surface area contributed by atoms with Gasteiger partial charge in [0.1, 0.15) is 6.04 Å². The lowest BCUT2D eigenvalue weighted by atomic mass is 10.1. The summed E-state index contributed by atoms with van der Waals surface area (Å²) in [4.78, 5) is 0. The van der Waals surface area contributed by atoms with E-state index in [2.05, 4.69) is 11.4 Å². The van der Waals surface area contributed by atoms with E-state index in [9.17, 15) is 5.11 Å². The van der Waals surface area contributed by atoms with Crippen molar-refractivity contribution in [3.05, 3.63) is 23.8 Å². The summed E-state index contributed by atoms with van der Waals surface area (Å²) in [6, 6.07) is 6.54. The highest BCUT2D eigenvalue weighted by Crippen LogP contribution is 2.28. The van der Waals surface area contributed by atoms with Gasteiger partial charge in [0.2, 0.25) is 0 Å². The predicted molar refractivity (Wildman–Crippen MR) is 62.9 cm³/mol. The molecule has 0 amide bonds. The summed E-state index contributed by atoms with van der Waals surface area (Å²) in [5, 5.41) is 21.5. The molecular weight excluding hydrogens is 220 g/mol. The molecule has 1 aromatic rings. The second-order valence-corrected chi connectivity index (χ2v) is 3.44. The molecule has 0 saturated carbocycles. The van der Waals surface area contributed by atoms with Crippen LogP contribution in [0, 0.1) is 11.3 Å². The van der Waals surface area contributed by atoms with Gasteiger partial charge in [-0.3, -0.25) is 5.32 Å². The van der Waals surface area contributed by atoms with Crippen LogP contribution in [-0.4, -0.2) is 32.5 Å². The van der Waals surface area contributed by atoms with Crippen LogP contribution < -0.4 is 10.1 Å². The first-order valence-electron chi connectivity index (χ1n) is 5.21. The van der Waals surface area contributed by atoms with Crippen molar-refractivity contribution in [2.24, 2.45) is 0 Å². The molecule has 0 radical (unpaired) electrons. The molecule has 92 valence electrons. The maximum Gasteiger partial charge on any atom is 0.160 e. The number of ether oxygens (including phenoxy) is 2. The standard InChI is InChI=1S/C12H16N2O3/c1-16-6-5-14-10(8-13)9-3-4-11(15)12(7-9)17-2/h3-4,7,10,14-15H,5-6H2,1-2H3. The highest BCUT2D eigenvalue weighted by Gasteiger charge is 2.12. The summed E-state index contributed by atoms with van der Waals surface area (Å²) in [7, 11) is 3.07. The maximum absolute atomic E-state index is 9.46. The van der Waals surface area contributed by atoms with Crippen molar-refractivity contribution in [1.82, 2.24) is 5.32 Å². The quantitative estimate of drug-likeness (QED) is 0.726. The van der Waals surface area contributed by atoms with Crippen LogP contribution in [0.2, 0.25) is 0 Å². The molecule has 5 nitrogen and oxygen atoms in total. The van der Waals surface area contributed by atoms with Crippen LogP contribution >= 0.6 is 0 Å². The van der Waals surface area contributed by atoms with Crippen LogP contribution in [0.25, 0.3) is 0 Å². The Bertz CT molecular complexity index is 401. The van der Waals surface area contributed by atoms with Crippen LogP contribution in [0.4, 0.5) is 0 Å². The Morgan fingerprint density at radius 3 is 2.82 bits per heavy atom. The number of hydrogen-bond acceptors (Lipinski definition) is 5. The van der Waals surface area contributed by atoms with E-state index >= 15 is 0 Å². The smallest absolute Gasteiger partial charge is 0.160 e. The van der Waals surface area contributed by atoms with E-state index < -0.39 is 6.04 Å². The molecular formula is C12H16N2O3. The third-order valence-corrected chi connectivity index (χ3v) is 2.32. The van der Waals surface area contributed by atoms with Crippen LogP contribution in [0.15, 0.2) is 18.2 Å². The van der Waals surface area contributed by atoms with Gasteiger partial charge in [0.25, 0.3) is 0 Å². The average molecular weight is 236 g/mol. The number of rotatable bonds is 6. The largest absolute Gasteiger partial charge is 0.504 e. The first-order chi connectivity index (χ1) is 8.22. The minimum Gasteiger partial charge on any atom is -0.504 e. The summed E-state index contributed by atoms with van der Waals surface area (Å²) in [5.41, 5.74) is 0.748. The van der Waals surface area contributed by atoms with Crippen molar-refractivity contribution >= 4 is 0 Å². The summed E-state index contributed by atoms with van der Waals surface area (Å²) < 4.78 is 9.89. The highest BCUT2D eigenvalue weighted by molar-refractivity contribution is 5.43. The van der Waals surface area contributed by atoms with Crippen molar-refractivity contribution in [2.75, 3.05) is 27.4 Å². The van der Waals surface area contributed by atoms with E-state index in [1.807, 2.05) is 0 Å². The number of benzene rings is 1. The van der Waals surface area contributed by atoms with Gasteiger partial charge in [-0.15, -0.1) is 0 Å². The van der Waals surface area contributed by atoms with Crippen molar-refractivity contribution in [3.8, 4) is 17.6 Å². The molecule has 0 saturated heterocycles. The molecule has 17 heavy (non-hydrogen) atoms. The molecule has 1 atom stereocenters. The molecule has 1 rings (SSSR count). The number of nitriles is 1. The third kappa shape index (κ3) is 3.63. The van der Waals surface area contributed by atoms with E-state index in [1.54, 1.807) is 19.2 Å². The van der Waals surface area contributed by atoms with Crippen LogP contribution in [0.5, 0.6) is 11.5 Å². The SMILES string of the molecule is COCCNC(C#N)c1ccc(O)c(OC)c1. The normalized spacial score (nSPS) is 11.8.